The highest BCUT2D eigenvalue weighted by Gasteiger charge is 2.14. The highest BCUT2D eigenvalue weighted by Crippen LogP contribution is 2.27. The molecule has 0 fully saturated rings. The number of ether oxygens (including phenoxy) is 1. The molecule has 4 heteroatoms. The third kappa shape index (κ3) is 2.65. The summed E-state index contributed by atoms with van der Waals surface area (Å²) in [6.07, 6.45) is 0.559. The first kappa shape index (κ1) is 12.1. The normalized spacial score (nSPS) is 13.1. The summed E-state index contributed by atoms with van der Waals surface area (Å²) in [5.41, 5.74) is 0.202. The van der Waals surface area contributed by atoms with Crippen LogP contribution in [0, 0.1) is 5.82 Å². The lowest BCUT2D eigenvalue weighted by atomic mass is 10.1. The topological polar surface area (TPSA) is 42.6 Å². The van der Waals surface area contributed by atoms with Crippen molar-refractivity contribution in [2.24, 2.45) is 0 Å². The number of fused-ring (bicyclic) bond motifs is 1. The van der Waals surface area contributed by atoms with E-state index in [1.165, 1.54) is 6.07 Å². The summed E-state index contributed by atoms with van der Waals surface area (Å²) in [6.45, 7) is 0.589. The Morgan fingerprint density at radius 1 is 1.47 bits per heavy atom. The number of hydrogen-bond acceptors (Lipinski definition) is 3. The molecule has 0 spiro atoms. The Bertz CT molecular complexity index is 492. The van der Waals surface area contributed by atoms with Crippen molar-refractivity contribution in [3.8, 4) is 0 Å². The molecule has 1 unspecified atom stereocenters. The number of hydrogen-bond donors (Lipinski definition) is 1. The van der Waals surface area contributed by atoms with Gasteiger partial charge in [0.2, 0.25) is 0 Å². The summed E-state index contributed by atoms with van der Waals surface area (Å²) in [4.78, 5) is 0. The molecule has 3 nitrogen and oxygen atoms in total. The number of rotatable bonds is 5. The summed E-state index contributed by atoms with van der Waals surface area (Å²) in [5, 5.41) is 10.5. The van der Waals surface area contributed by atoms with Gasteiger partial charge in [-0.05, 0) is 25.0 Å². The molecule has 0 aliphatic carbocycles. The van der Waals surface area contributed by atoms with Crippen molar-refractivity contribution >= 4 is 11.0 Å². The molecule has 0 aliphatic heterocycles. The van der Waals surface area contributed by atoms with Crippen LogP contribution in [0.25, 0.3) is 11.0 Å². The van der Waals surface area contributed by atoms with E-state index >= 15 is 0 Å². The third-order valence-corrected chi connectivity index (χ3v) is 2.67. The van der Waals surface area contributed by atoms with Crippen LogP contribution >= 0.6 is 0 Å². The van der Waals surface area contributed by atoms with Crippen LogP contribution in [0.1, 0.15) is 24.7 Å². The fourth-order valence-electron chi connectivity index (χ4n) is 1.77. The van der Waals surface area contributed by atoms with Crippen LogP contribution in [0.3, 0.4) is 0 Å². The molecule has 0 radical (unpaired) electrons. The second-order valence-electron chi connectivity index (χ2n) is 3.96. The summed E-state index contributed by atoms with van der Waals surface area (Å²) in [5.74, 6) is -0.000885. The highest BCUT2D eigenvalue weighted by molar-refractivity contribution is 5.78. The Morgan fingerprint density at radius 2 is 2.29 bits per heavy atom. The van der Waals surface area contributed by atoms with Gasteiger partial charge in [-0.15, -0.1) is 0 Å². The fourth-order valence-corrected chi connectivity index (χ4v) is 1.77. The first-order chi connectivity index (χ1) is 8.22. The number of halogens is 1. The Balaban J connectivity index is 2.16. The molecule has 1 heterocycles. The second-order valence-corrected chi connectivity index (χ2v) is 3.96. The molecule has 0 bridgehead atoms. The molecule has 17 heavy (non-hydrogen) atoms. The maximum Gasteiger partial charge on any atom is 0.170 e. The van der Waals surface area contributed by atoms with Gasteiger partial charge in [-0.1, -0.05) is 12.1 Å². The van der Waals surface area contributed by atoms with E-state index < -0.39 is 11.9 Å². The lowest BCUT2D eigenvalue weighted by Gasteiger charge is -2.06. The minimum Gasteiger partial charge on any atom is -0.455 e. The monoisotopic (exact) mass is 238 g/mol. The summed E-state index contributed by atoms with van der Waals surface area (Å²) < 4.78 is 23.6. The van der Waals surface area contributed by atoms with E-state index in [1.807, 2.05) is 0 Å². The number of aliphatic hydroxyl groups excluding tert-OH is 1. The van der Waals surface area contributed by atoms with E-state index in [1.54, 1.807) is 25.3 Å². The van der Waals surface area contributed by atoms with Gasteiger partial charge in [0.1, 0.15) is 11.9 Å². The van der Waals surface area contributed by atoms with Crippen molar-refractivity contribution < 1.29 is 18.7 Å². The predicted octanol–water partition coefficient (Wildman–Crippen LogP) is 3.03. The predicted molar refractivity (Wildman–Crippen MR) is 62.2 cm³/mol. The van der Waals surface area contributed by atoms with Gasteiger partial charge in [0.15, 0.2) is 11.4 Å². The lowest BCUT2D eigenvalue weighted by Crippen LogP contribution is -1.98. The quantitative estimate of drug-likeness (QED) is 0.814. The number of methoxy groups -OCH3 is 1. The van der Waals surface area contributed by atoms with Gasteiger partial charge in [0, 0.05) is 19.1 Å². The molecule has 2 rings (SSSR count). The van der Waals surface area contributed by atoms with E-state index in [-0.39, 0.29) is 5.58 Å². The van der Waals surface area contributed by atoms with E-state index in [0.29, 0.717) is 24.2 Å². The maximum atomic E-state index is 13.4. The molecule has 1 aromatic carbocycles. The molecular formula is C13H15FO3. The Kier molecular flexibility index (Phi) is 3.76. The van der Waals surface area contributed by atoms with Gasteiger partial charge in [0.25, 0.3) is 0 Å². The average molecular weight is 238 g/mol. The van der Waals surface area contributed by atoms with E-state index in [4.69, 9.17) is 9.15 Å². The summed E-state index contributed by atoms with van der Waals surface area (Å²) >= 11 is 0. The van der Waals surface area contributed by atoms with Crippen molar-refractivity contribution in [2.75, 3.05) is 13.7 Å². The highest BCUT2D eigenvalue weighted by atomic mass is 19.1. The summed E-state index contributed by atoms with van der Waals surface area (Å²) in [7, 11) is 1.61. The Morgan fingerprint density at radius 3 is 3.00 bits per heavy atom. The van der Waals surface area contributed by atoms with Crippen molar-refractivity contribution in [3.05, 3.63) is 35.8 Å². The van der Waals surface area contributed by atoms with Gasteiger partial charge in [-0.2, -0.15) is 0 Å². The zero-order valence-electron chi connectivity index (χ0n) is 9.65. The molecule has 0 amide bonds. The first-order valence-corrected chi connectivity index (χ1v) is 5.57. The standard InChI is InChI=1S/C13H15FO3/c1-16-7-3-6-11(15)12-8-9-4-2-5-10(14)13(9)17-12/h2,4-5,8,11,15H,3,6-7H2,1H3. The SMILES string of the molecule is COCCCC(O)c1cc2cccc(F)c2o1. The Hall–Kier alpha value is -1.39. The van der Waals surface area contributed by atoms with Gasteiger partial charge >= 0.3 is 0 Å². The van der Waals surface area contributed by atoms with Crippen LogP contribution in [-0.2, 0) is 4.74 Å². The van der Waals surface area contributed by atoms with E-state index in [9.17, 15) is 9.50 Å². The van der Waals surface area contributed by atoms with Gasteiger partial charge < -0.3 is 14.3 Å². The van der Waals surface area contributed by atoms with E-state index in [0.717, 1.165) is 6.42 Å². The van der Waals surface area contributed by atoms with Crippen molar-refractivity contribution in [2.45, 2.75) is 18.9 Å². The number of para-hydroxylation sites is 1. The molecule has 0 saturated carbocycles. The molecule has 0 saturated heterocycles. The largest absolute Gasteiger partial charge is 0.455 e. The minimum absolute atomic E-state index is 0.202. The van der Waals surface area contributed by atoms with Crippen LogP contribution < -0.4 is 0 Å². The molecule has 1 atom stereocenters. The lowest BCUT2D eigenvalue weighted by molar-refractivity contribution is 0.119. The summed E-state index contributed by atoms with van der Waals surface area (Å²) in [6, 6.07) is 6.39. The van der Waals surface area contributed by atoms with Crippen LogP contribution in [-0.4, -0.2) is 18.8 Å². The van der Waals surface area contributed by atoms with Crippen molar-refractivity contribution in [1.29, 1.82) is 0 Å². The first-order valence-electron chi connectivity index (χ1n) is 5.57. The Labute approximate surface area is 98.8 Å². The number of benzene rings is 1. The van der Waals surface area contributed by atoms with Gasteiger partial charge in [-0.3, -0.25) is 0 Å². The number of furan rings is 1. The zero-order chi connectivity index (χ0) is 12.3. The van der Waals surface area contributed by atoms with E-state index in [2.05, 4.69) is 0 Å². The smallest absolute Gasteiger partial charge is 0.170 e. The minimum atomic E-state index is -0.711. The maximum absolute atomic E-state index is 13.4. The molecule has 92 valence electrons. The fraction of sp³-hybridized carbons (Fsp3) is 0.385. The number of aliphatic hydroxyl groups is 1. The molecule has 0 aliphatic rings. The van der Waals surface area contributed by atoms with Crippen LogP contribution in [0.2, 0.25) is 0 Å². The second kappa shape index (κ2) is 5.29. The molecule has 2 aromatic rings. The van der Waals surface area contributed by atoms with Crippen molar-refractivity contribution in [3.63, 3.8) is 0 Å². The van der Waals surface area contributed by atoms with Crippen molar-refractivity contribution in [1.82, 2.24) is 0 Å². The average Bonchev–Trinajstić information content (AvgIpc) is 2.75. The molecular weight excluding hydrogens is 223 g/mol. The van der Waals surface area contributed by atoms with Gasteiger partial charge in [-0.25, -0.2) is 4.39 Å². The third-order valence-electron chi connectivity index (χ3n) is 2.67. The van der Waals surface area contributed by atoms with Crippen LogP contribution in [0.15, 0.2) is 28.7 Å². The van der Waals surface area contributed by atoms with Crippen LogP contribution in [0.5, 0.6) is 0 Å². The molecule has 1 N–H and O–H groups in total. The van der Waals surface area contributed by atoms with Crippen LogP contribution in [0.4, 0.5) is 4.39 Å². The zero-order valence-corrected chi connectivity index (χ0v) is 9.65. The molecule has 1 aromatic heterocycles. The van der Waals surface area contributed by atoms with Gasteiger partial charge in [0.05, 0.1) is 0 Å².